The van der Waals surface area contributed by atoms with Crippen LogP contribution in [-0.4, -0.2) is 36.3 Å². The summed E-state index contributed by atoms with van der Waals surface area (Å²) in [4.78, 5) is 8.51. The maximum atomic E-state index is 5.12. The lowest BCUT2D eigenvalue weighted by atomic mass is 10.1. The molecule has 0 fully saturated rings. The number of ether oxygens (including phenoxy) is 2. The normalized spacial score (nSPS) is 11.3. The van der Waals surface area contributed by atoms with Crippen molar-refractivity contribution in [3.63, 3.8) is 0 Å². The van der Waals surface area contributed by atoms with E-state index < -0.39 is 0 Å². The highest BCUT2D eigenvalue weighted by Crippen LogP contribution is 2.15. The number of methoxy groups -OCH3 is 2. The Hall–Kier alpha value is -1.36. The van der Waals surface area contributed by atoms with Crippen molar-refractivity contribution < 1.29 is 9.47 Å². The Morgan fingerprint density at radius 3 is 2.56 bits per heavy atom. The first-order chi connectivity index (χ1) is 7.46. The van der Waals surface area contributed by atoms with Gasteiger partial charge in [-0.3, -0.25) is 0 Å². The molecule has 0 unspecified atom stereocenters. The minimum atomic E-state index is -0.215. The number of hydrogen-bond donors (Lipinski definition) is 1. The van der Waals surface area contributed by atoms with E-state index in [1.54, 1.807) is 20.3 Å². The first-order valence-corrected chi connectivity index (χ1v) is 5.13. The van der Waals surface area contributed by atoms with Gasteiger partial charge in [-0.15, -0.1) is 0 Å². The Bertz CT molecular complexity index is 353. The fraction of sp³-hybridized carbons (Fsp3) is 0.636. The molecule has 1 heterocycles. The summed E-state index contributed by atoms with van der Waals surface area (Å²) in [5.41, 5.74) is 0.649. The predicted octanol–water partition coefficient (Wildman–Crippen LogP) is 1.63. The van der Waals surface area contributed by atoms with Crippen LogP contribution >= 0.6 is 0 Å². The van der Waals surface area contributed by atoms with Crippen LogP contribution in [0.5, 0.6) is 5.88 Å². The van der Waals surface area contributed by atoms with Crippen molar-refractivity contribution in [3.8, 4) is 5.88 Å². The van der Waals surface area contributed by atoms with Crippen molar-refractivity contribution in [3.05, 3.63) is 11.8 Å². The summed E-state index contributed by atoms with van der Waals surface area (Å²) < 4.78 is 10.2. The van der Waals surface area contributed by atoms with E-state index in [0.717, 1.165) is 5.69 Å². The van der Waals surface area contributed by atoms with E-state index in [0.29, 0.717) is 18.4 Å². The number of rotatable bonds is 5. The van der Waals surface area contributed by atoms with Gasteiger partial charge in [-0.2, -0.15) is 4.98 Å². The van der Waals surface area contributed by atoms with Crippen LogP contribution in [0.1, 0.15) is 19.5 Å². The van der Waals surface area contributed by atoms with Crippen molar-refractivity contribution >= 4 is 5.95 Å². The van der Waals surface area contributed by atoms with Crippen LogP contribution < -0.4 is 10.1 Å². The van der Waals surface area contributed by atoms with Gasteiger partial charge in [-0.05, 0) is 20.8 Å². The molecule has 0 atom stereocenters. The highest BCUT2D eigenvalue weighted by molar-refractivity contribution is 5.33. The molecular weight excluding hydrogens is 206 g/mol. The fourth-order valence-electron chi connectivity index (χ4n) is 1.40. The standard InChI is InChI=1S/C11H19N3O2/c1-8-6-9(16-5)13-10(12-8)14-11(2,3)7-15-4/h6H,7H2,1-5H3,(H,12,13,14). The monoisotopic (exact) mass is 225 g/mol. The van der Waals surface area contributed by atoms with E-state index >= 15 is 0 Å². The van der Waals surface area contributed by atoms with Gasteiger partial charge in [-0.1, -0.05) is 0 Å². The number of aromatic nitrogens is 2. The number of aryl methyl sites for hydroxylation is 1. The number of nitrogens with one attached hydrogen (secondary N) is 1. The van der Waals surface area contributed by atoms with Crippen LogP contribution in [0.15, 0.2) is 6.07 Å². The third-order valence-electron chi connectivity index (χ3n) is 2.00. The molecule has 0 aliphatic carbocycles. The van der Waals surface area contributed by atoms with Gasteiger partial charge >= 0.3 is 0 Å². The lowest BCUT2D eigenvalue weighted by molar-refractivity contribution is 0.157. The fourth-order valence-corrected chi connectivity index (χ4v) is 1.40. The van der Waals surface area contributed by atoms with Crippen molar-refractivity contribution in [1.82, 2.24) is 9.97 Å². The van der Waals surface area contributed by atoms with Crippen LogP contribution in [0.25, 0.3) is 0 Å². The second-order valence-corrected chi connectivity index (χ2v) is 4.32. The quantitative estimate of drug-likeness (QED) is 0.825. The maximum absolute atomic E-state index is 5.12. The molecule has 0 saturated heterocycles. The zero-order valence-corrected chi connectivity index (χ0v) is 10.5. The largest absolute Gasteiger partial charge is 0.481 e. The lowest BCUT2D eigenvalue weighted by Gasteiger charge is -2.25. The summed E-state index contributed by atoms with van der Waals surface area (Å²) in [5, 5.41) is 3.21. The van der Waals surface area contributed by atoms with Crippen LogP contribution in [0.4, 0.5) is 5.95 Å². The molecule has 16 heavy (non-hydrogen) atoms. The van der Waals surface area contributed by atoms with Crippen molar-refractivity contribution in [1.29, 1.82) is 0 Å². The molecular formula is C11H19N3O2. The molecule has 0 aliphatic rings. The van der Waals surface area contributed by atoms with Crippen LogP contribution in [0, 0.1) is 6.92 Å². The molecule has 90 valence electrons. The van der Waals surface area contributed by atoms with Gasteiger partial charge in [0.15, 0.2) is 0 Å². The second-order valence-electron chi connectivity index (χ2n) is 4.32. The van der Waals surface area contributed by atoms with E-state index in [4.69, 9.17) is 9.47 Å². The van der Waals surface area contributed by atoms with E-state index in [1.807, 2.05) is 20.8 Å². The smallest absolute Gasteiger partial charge is 0.226 e. The Morgan fingerprint density at radius 1 is 1.31 bits per heavy atom. The average Bonchev–Trinajstić information content (AvgIpc) is 2.15. The topological polar surface area (TPSA) is 56.3 Å². The molecule has 0 amide bonds. The summed E-state index contributed by atoms with van der Waals surface area (Å²) >= 11 is 0. The highest BCUT2D eigenvalue weighted by atomic mass is 16.5. The molecule has 0 spiro atoms. The van der Waals surface area contributed by atoms with Gasteiger partial charge in [0.1, 0.15) is 0 Å². The molecule has 0 aliphatic heterocycles. The molecule has 1 rings (SSSR count). The third kappa shape index (κ3) is 3.66. The first kappa shape index (κ1) is 12.7. The Labute approximate surface area is 96.2 Å². The number of nitrogens with zero attached hydrogens (tertiary/aromatic N) is 2. The molecule has 1 aromatic heterocycles. The summed E-state index contributed by atoms with van der Waals surface area (Å²) in [6.45, 7) is 6.52. The SMILES string of the molecule is COCC(C)(C)Nc1nc(C)cc(OC)n1. The van der Waals surface area contributed by atoms with Gasteiger partial charge < -0.3 is 14.8 Å². The third-order valence-corrected chi connectivity index (χ3v) is 2.00. The van der Waals surface area contributed by atoms with E-state index in [2.05, 4.69) is 15.3 Å². The Kier molecular flexibility index (Phi) is 4.06. The van der Waals surface area contributed by atoms with Crippen molar-refractivity contribution in [2.24, 2.45) is 0 Å². The van der Waals surface area contributed by atoms with E-state index in [9.17, 15) is 0 Å². The molecule has 0 bridgehead atoms. The van der Waals surface area contributed by atoms with Crippen LogP contribution in [-0.2, 0) is 4.74 Å². The summed E-state index contributed by atoms with van der Waals surface area (Å²) in [5.74, 6) is 1.11. The second kappa shape index (κ2) is 5.12. The number of anilines is 1. The summed E-state index contributed by atoms with van der Waals surface area (Å²) in [6.07, 6.45) is 0. The van der Waals surface area contributed by atoms with Crippen LogP contribution in [0.2, 0.25) is 0 Å². The van der Waals surface area contributed by atoms with Gasteiger partial charge in [0.25, 0.3) is 0 Å². The van der Waals surface area contributed by atoms with Gasteiger partial charge in [0.05, 0.1) is 19.3 Å². The Balaban J connectivity index is 2.84. The van der Waals surface area contributed by atoms with Crippen molar-refractivity contribution in [2.75, 3.05) is 26.1 Å². The van der Waals surface area contributed by atoms with E-state index in [1.165, 1.54) is 0 Å². The molecule has 0 saturated carbocycles. The minimum Gasteiger partial charge on any atom is -0.481 e. The zero-order chi connectivity index (χ0) is 12.2. The van der Waals surface area contributed by atoms with Crippen molar-refractivity contribution in [2.45, 2.75) is 26.3 Å². The minimum absolute atomic E-state index is 0.215. The highest BCUT2D eigenvalue weighted by Gasteiger charge is 2.18. The summed E-state index contributed by atoms with van der Waals surface area (Å²) in [7, 11) is 3.26. The van der Waals surface area contributed by atoms with Gasteiger partial charge in [0.2, 0.25) is 11.8 Å². The molecule has 5 heteroatoms. The number of hydrogen-bond acceptors (Lipinski definition) is 5. The summed E-state index contributed by atoms with van der Waals surface area (Å²) in [6, 6.07) is 1.79. The average molecular weight is 225 g/mol. The van der Waals surface area contributed by atoms with Gasteiger partial charge in [0, 0.05) is 18.9 Å². The zero-order valence-electron chi connectivity index (χ0n) is 10.5. The van der Waals surface area contributed by atoms with Gasteiger partial charge in [-0.25, -0.2) is 4.98 Å². The lowest BCUT2D eigenvalue weighted by Crippen LogP contribution is -2.36. The van der Waals surface area contributed by atoms with Crippen LogP contribution in [0.3, 0.4) is 0 Å². The Morgan fingerprint density at radius 2 is 2.00 bits per heavy atom. The molecule has 0 aromatic carbocycles. The first-order valence-electron chi connectivity index (χ1n) is 5.13. The van der Waals surface area contributed by atoms with E-state index in [-0.39, 0.29) is 5.54 Å². The molecule has 0 radical (unpaired) electrons. The molecule has 1 N–H and O–H groups in total. The maximum Gasteiger partial charge on any atom is 0.226 e. The molecule has 5 nitrogen and oxygen atoms in total. The molecule has 1 aromatic rings. The predicted molar refractivity (Wildman–Crippen MR) is 62.9 cm³/mol.